The lowest BCUT2D eigenvalue weighted by Gasteiger charge is -2.29. The smallest absolute Gasteiger partial charge is 0.119 e. The van der Waals surface area contributed by atoms with E-state index in [1.165, 1.54) is 5.56 Å². The summed E-state index contributed by atoms with van der Waals surface area (Å²) in [5, 5.41) is 3.60. The van der Waals surface area contributed by atoms with Gasteiger partial charge in [-0.2, -0.15) is 0 Å². The van der Waals surface area contributed by atoms with E-state index >= 15 is 0 Å². The minimum Gasteiger partial charge on any atom is -0.497 e. The van der Waals surface area contributed by atoms with Gasteiger partial charge >= 0.3 is 0 Å². The van der Waals surface area contributed by atoms with Crippen LogP contribution in [0.15, 0.2) is 24.3 Å². The van der Waals surface area contributed by atoms with Crippen LogP contribution in [0.3, 0.4) is 0 Å². The lowest BCUT2D eigenvalue weighted by atomic mass is 9.82. The second-order valence-electron chi connectivity index (χ2n) is 6.17. The van der Waals surface area contributed by atoms with Crippen molar-refractivity contribution in [2.75, 3.05) is 13.7 Å². The van der Waals surface area contributed by atoms with E-state index in [9.17, 15) is 0 Å². The molecule has 18 heavy (non-hydrogen) atoms. The molecule has 2 heteroatoms. The fraction of sp³-hybridized carbons (Fsp3) is 0.625. The zero-order valence-electron chi connectivity index (χ0n) is 12.6. The first-order valence-corrected chi connectivity index (χ1v) is 6.72. The lowest BCUT2D eigenvalue weighted by molar-refractivity contribution is 0.247. The van der Waals surface area contributed by atoms with Gasteiger partial charge in [-0.15, -0.1) is 0 Å². The molecule has 2 atom stereocenters. The Morgan fingerprint density at radius 2 is 1.89 bits per heavy atom. The van der Waals surface area contributed by atoms with Crippen LogP contribution in [0.4, 0.5) is 0 Å². The topological polar surface area (TPSA) is 21.3 Å². The van der Waals surface area contributed by atoms with Gasteiger partial charge in [-0.1, -0.05) is 39.8 Å². The van der Waals surface area contributed by atoms with Crippen LogP contribution in [-0.2, 0) is 0 Å². The second kappa shape index (κ2) is 6.24. The van der Waals surface area contributed by atoms with Crippen LogP contribution in [0.25, 0.3) is 0 Å². The summed E-state index contributed by atoms with van der Waals surface area (Å²) >= 11 is 0. The SMILES string of the molecule is COc1cccc(C(C)NCC(C)C(C)(C)C)c1. The Kier molecular flexibility index (Phi) is 5.21. The van der Waals surface area contributed by atoms with Gasteiger partial charge in [0.2, 0.25) is 0 Å². The monoisotopic (exact) mass is 249 g/mol. The molecule has 0 bridgehead atoms. The van der Waals surface area contributed by atoms with Crippen molar-refractivity contribution in [2.45, 2.75) is 40.7 Å². The summed E-state index contributed by atoms with van der Waals surface area (Å²) in [5.74, 6) is 1.57. The van der Waals surface area contributed by atoms with E-state index in [4.69, 9.17) is 4.74 Å². The van der Waals surface area contributed by atoms with E-state index in [2.05, 4.69) is 52.1 Å². The van der Waals surface area contributed by atoms with Crippen molar-refractivity contribution in [1.82, 2.24) is 5.32 Å². The Hall–Kier alpha value is -1.02. The van der Waals surface area contributed by atoms with Crippen LogP contribution in [0, 0.1) is 11.3 Å². The third-order valence-electron chi connectivity index (χ3n) is 3.80. The average Bonchev–Trinajstić information content (AvgIpc) is 2.34. The quantitative estimate of drug-likeness (QED) is 0.850. The Morgan fingerprint density at radius 1 is 1.22 bits per heavy atom. The van der Waals surface area contributed by atoms with E-state index in [1.807, 2.05) is 12.1 Å². The third kappa shape index (κ3) is 4.34. The van der Waals surface area contributed by atoms with E-state index in [1.54, 1.807) is 7.11 Å². The molecule has 0 aliphatic heterocycles. The van der Waals surface area contributed by atoms with Gasteiger partial charge in [0, 0.05) is 6.04 Å². The maximum atomic E-state index is 5.26. The molecule has 1 aromatic carbocycles. The van der Waals surface area contributed by atoms with Crippen LogP contribution >= 0.6 is 0 Å². The predicted octanol–water partition coefficient (Wildman–Crippen LogP) is 4.03. The molecule has 0 radical (unpaired) electrons. The van der Waals surface area contributed by atoms with Crippen molar-refractivity contribution in [2.24, 2.45) is 11.3 Å². The van der Waals surface area contributed by atoms with Crippen molar-refractivity contribution in [1.29, 1.82) is 0 Å². The summed E-state index contributed by atoms with van der Waals surface area (Å²) in [6, 6.07) is 8.61. The lowest BCUT2D eigenvalue weighted by Crippen LogP contribution is -2.31. The van der Waals surface area contributed by atoms with Gasteiger partial charge in [-0.25, -0.2) is 0 Å². The molecular weight excluding hydrogens is 222 g/mol. The van der Waals surface area contributed by atoms with Gasteiger partial charge in [0.05, 0.1) is 7.11 Å². The molecule has 0 saturated heterocycles. The standard InChI is InChI=1S/C16H27NO/c1-12(16(3,4)5)11-17-13(2)14-8-7-9-15(10-14)18-6/h7-10,12-13,17H,11H2,1-6H3. The molecule has 1 N–H and O–H groups in total. The molecule has 0 aromatic heterocycles. The minimum atomic E-state index is 0.348. The second-order valence-corrected chi connectivity index (χ2v) is 6.17. The van der Waals surface area contributed by atoms with Crippen molar-refractivity contribution in [3.05, 3.63) is 29.8 Å². The van der Waals surface area contributed by atoms with Crippen molar-refractivity contribution >= 4 is 0 Å². The van der Waals surface area contributed by atoms with E-state index in [0.29, 0.717) is 17.4 Å². The van der Waals surface area contributed by atoms with Crippen LogP contribution in [0.5, 0.6) is 5.75 Å². The normalized spacial score (nSPS) is 15.2. The molecule has 102 valence electrons. The Balaban J connectivity index is 2.57. The molecular formula is C16H27NO. The maximum absolute atomic E-state index is 5.26. The first-order chi connectivity index (χ1) is 8.34. The van der Waals surface area contributed by atoms with Crippen molar-refractivity contribution in [3.8, 4) is 5.75 Å². The van der Waals surface area contributed by atoms with Gasteiger partial charge in [-0.3, -0.25) is 0 Å². The number of rotatable bonds is 5. The Bertz CT molecular complexity index is 368. The van der Waals surface area contributed by atoms with Crippen LogP contribution < -0.4 is 10.1 Å². The molecule has 0 spiro atoms. The molecule has 2 nitrogen and oxygen atoms in total. The molecule has 1 rings (SSSR count). The molecule has 0 aliphatic carbocycles. The van der Waals surface area contributed by atoms with E-state index in [-0.39, 0.29) is 0 Å². The number of methoxy groups -OCH3 is 1. The van der Waals surface area contributed by atoms with Crippen molar-refractivity contribution < 1.29 is 4.74 Å². The summed E-state index contributed by atoms with van der Waals surface area (Å²) < 4.78 is 5.26. The molecule has 0 fully saturated rings. The summed E-state index contributed by atoms with van der Waals surface area (Å²) in [4.78, 5) is 0. The summed E-state index contributed by atoms with van der Waals surface area (Å²) in [6.45, 7) is 12.4. The highest BCUT2D eigenvalue weighted by molar-refractivity contribution is 5.30. The summed E-state index contributed by atoms with van der Waals surface area (Å²) in [7, 11) is 1.71. The first-order valence-electron chi connectivity index (χ1n) is 6.72. The zero-order valence-corrected chi connectivity index (χ0v) is 12.6. The van der Waals surface area contributed by atoms with Gasteiger partial charge in [0.15, 0.2) is 0 Å². The Labute approximate surface area is 112 Å². The highest BCUT2D eigenvalue weighted by atomic mass is 16.5. The van der Waals surface area contributed by atoms with Crippen LogP contribution in [0.2, 0.25) is 0 Å². The summed E-state index contributed by atoms with van der Waals surface area (Å²) in [5.41, 5.74) is 1.62. The molecule has 0 amide bonds. The largest absolute Gasteiger partial charge is 0.497 e. The number of nitrogens with one attached hydrogen (secondary N) is 1. The highest BCUT2D eigenvalue weighted by Crippen LogP contribution is 2.25. The number of ether oxygens (including phenoxy) is 1. The third-order valence-corrected chi connectivity index (χ3v) is 3.80. The molecule has 0 aliphatic rings. The number of benzene rings is 1. The average molecular weight is 249 g/mol. The predicted molar refractivity (Wildman–Crippen MR) is 78.0 cm³/mol. The van der Waals surface area contributed by atoms with Crippen LogP contribution in [0.1, 0.15) is 46.2 Å². The minimum absolute atomic E-state index is 0.348. The first kappa shape index (κ1) is 15.0. The molecule has 1 aromatic rings. The number of hydrogen-bond donors (Lipinski definition) is 1. The van der Waals surface area contributed by atoms with Gasteiger partial charge in [0.25, 0.3) is 0 Å². The van der Waals surface area contributed by atoms with E-state index < -0.39 is 0 Å². The maximum Gasteiger partial charge on any atom is 0.119 e. The van der Waals surface area contributed by atoms with Gasteiger partial charge < -0.3 is 10.1 Å². The van der Waals surface area contributed by atoms with Crippen molar-refractivity contribution in [3.63, 3.8) is 0 Å². The zero-order chi connectivity index (χ0) is 13.8. The van der Waals surface area contributed by atoms with E-state index in [0.717, 1.165) is 12.3 Å². The van der Waals surface area contributed by atoms with Crippen LogP contribution in [-0.4, -0.2) is 13.7 Å². The molecule has 0 heterocycles. The molecule has 2 unspecified atom stereocenters. The van der Waals surface area contributed by atoms with Gasteiger partial charge in [-0.05, 0) is 42.5 Å². The fourth-order valence-electron chi connectivity index (χ4n) is 1.69. The molecule has 0 saturated carbocycles. The number of hydrogen-bond acceptors (Lipinski definition) is 2. The Morgan fingerprint density at radius 3 is 2.44 bits per heavy atom. The fourth-order valence-corrected chi connectivity index (χ4v) is 1.69. The highest BCUT2D eigenvalue weighted by Gasteiger charge is 2.20. The summed E-state index contributed by atoms with van der Waals surface area (Å²) in [6.07, 6.45) is 0. The van der Waals surface area contributed by atoms with Gasteiger partial charge in [0.1, 0.15) is 5.75 Å².